The number of alkyl halides is 3. The molecule has 1 N–H and O–H groups in total. The Kier molecular flexibility index (Phi) is 4.30. The first-order chi connectivity index (χ1) is 9.29. The van der Waals surface area contributed by atoms with Crippen molar-refractivity contribution in [1.29, 1.82) is 0 Å². The van der Waals surface area contributed by atoms with Gasteiger partial charge in [0.2, 0.25) is 0 Å². The molecule has 1 nitrogen and oxygen atoms in total. The van der Waals surface area contributed by atoms with Gasteiger partial charge in [-0.1, -0.05) is 11.6 Å². The van der Waals surface area contributed by atoms with Crippen molar-refractivity contribution in [3.05, 3.63) is 50.7 Å². The summed E-state index contributed by atoms with van der Waals surface area (Å²) in [5.41, 5.74) is 0.694. The monoisotopic (exact) mass is 319 g/mol. The van der Waals surface area contributed by atoms with Gasteiger partial charge in [-0.05, 0) is 49.1 Å². The Morgan fingerprint density at radius 2 is 1.95 bits per heavy atom. The lowest BCUT2D eigenvalue weighted by Crippen LogP contribution is -2.09. The molecule has 1 atom stereocenters. The van der Waals surface area contributed by atoms with Crippen LogP contribution in [0.25, 0.3) is 0 Å². The molecule has 0 bridgehead atoms. The summed E-state index contributed by atoms with van der Waals surface area (Å²) in [4.78, 5) is 1.08. The SMILES string of the molecule is Cc1ccsc1C(C)Nc1cc(C(F)(F)F)ccc1Cl. The first kappa shape index (κ1) is 15.2. The van der Waals surface area contributed by atoms with Crippen LogP contribution in [-0.2, 0) is 6.18 Å². The molecule has 1 unspecified atom stereocenters. The van der Waals surface area contributed by atoms with E-state index in [1.165, 1.54) is 6.07 Å². The number of aryl methyl sites for hydroxylation is 1. The Morgan fingerprint density at radius 1 is 1.25 bits per heavy atom. The molecule has 0 aliphatic rings. The zero-order valence-corrected chi connectivity index (χ0v) is 12.5. The Balaban J connectivity index is 2.27. The summed E-state index contributed by atoms with van der Waals surface area (Å²) in [6.45, 7) is 3.87. The number of rotatable bonds is 3. The largest absolute Gasteiger partial charge is 0.416 e. The Morgan fingerprint density at radius 3 is 2.50 bits per heavy atom. The average molecular weight is 320 g/mol. The fourth-order valence-corrected chi connectivity index (χ4v) is 3.05. The number of hydrogen-bond acceptors (Lipinski definition) is 2. The van der Waals surface area contributed by atoms with Crippen LogP contribution >= 0.6 is 22.9 Å². The van der Waals surface area contributed by atoms with E-state index in [2.05, 4.69) is 5.32 Å². The lowest BCUT2D eigenvalue weighted by atomic mass is 10.1. The van der Waals surface area contributed by atoms with Crippen LogP contribution in [0.4, 0.5) is 18.9 Å². The van der Waals surface area contributed by atoms with Gasteiger partial charge in [0.1, 0.15) is 0 Å². The number of nitrogens with one attached hydrogen (secondary N) is 1. The van der Waals surface area contributed by atoms with Crippen molar-refractivity contribution in [2.45, 2.75) is 26.1 Å². The molecule has 108 valence electrons. The number of benzene rings is 1. The minimum atomic E-state index is -4.37. The number of thiophene rings is 1. The predicted octanol–water partition coefficient (Wildman–Crippen LogP) is 5.90. The summed E-state index contributed by atoms with van der Waals surface area (Å²) < 4.78 is 38.1. The molecule has 0 fully saturated rings. The van der Waals surface area contributed by atoms with Crippen molar-refractivity contribution < 1.29 is 13.2 Å². The topological polar surface area (TPSA) is 12.0 Å². The normalized spacial score (nSPS) is 13.3. The van der Waals surface area contributed by atoms with Crippen LogP contribution in [0, 0.1) is 6.92 Å². The molecule has 1 aromatic carbocycles. The second-order valence-corrected chi connectivity index (χ2v) is 5.88. The Bertz CT molecular complexity index is 607. The molecule has 0 radical (unpaired) electrons. The van der Waals surface area contributed by atoms with Gasteiger partial charge in [0.05, 0.1) is 22.3 Å². The van der Waals surface area contributed by atoms with Crippen LogP contribution in [-0.4, -0.2) is 0 Å². The minimum absolute atomic E-state index is 0.101. The molecule has 2 aromatic rings. The van der Waals surface area contributed by atoms with E-state index >= 15 is 0 Å². The van der Waals surface area contributed by atoms with Gasteiger partial charge in [-0.15, -0.1) is 11.3 Å². The molecule has 0 amide bonds. The van der Waals surface area contributed by atoms with Crippen LogP contribution in [0.15, 0.2) is 29.6 Å². The molecule has 6 heteroatoms. The lowest BCUT2D eigenvalue weighted by molar-refractivity contribution is -0.137. The fraction of sp³-hybridized carbons (Fsp3) is 0.286. The van der Waals surface area contributed by atoms with Crippen molar-refractivity contribution >= 4 is 28.6 Å². The van der Waals surface area contributed by atoms with E-state index in [-0.39, 0.29) is 11.1 Å². The smallest absolute Gasteiger partial charge is 0.376 e. The van der Waals surface area contributed by atoms with E-state index in [0.29, 0.717) is 5.69 Å². The van der Waals surface area contributed by atoms with Crippen LogP contribution in [0.1, 0.15) is 29.0 Å². The van der Waals surface area contributed by atoms with E-state index in [9.17, 15) is 13.2 Å². The van der Waals surface area contributed by atoms with Crippen molar-refractivity contribution in [1.82, 2.24) is 0 Å². The highest BCUT2D eigenvalue weighted by atomic mass is 35.5. The summed E-state index contributed by atoms with van der Waals surface area (Å²) in [5, 5.41) is 5.28. The van der Waals surface area contributed by atoms with Crippen molar-refractivity contribution in [3.63, 3.8) is 0 Å². The molecule has 1 aromatic heterocycles. The highest BCUT2D eigenvalue weighted by Crippen LogP contribution is 2.35. The van der Waals surface area contributed by atoms with Crippen LogP contribution in [0.5, 0.6) is 0 Å². The maximum absolute atomic E-state index is 12.7. The fourth-order valence-electron chi connectivity index (χ4n) is 1.94. The Hall–Kier alpha value is -1.20. The molecule has 0 saturated carbocycles. The second-order valence-electron chi connectivity index (χ2n) is 4.53. The quantitative estimate of drug-likeness (QED) is 0.742. The number of anilines is 1. The second kappa shape index (κ2) is 5.66. The highest BCUT2D eigenvalue weighted by molar-refractivity contribution is 7.10. The van der Waals surface area contributed by atoms with Crippen molar-refractivity contribution in [2.75, 3.05) is 5.32 Å². The summed E-state index contributed by atoms with van der Waals surface area (Å²) in [6.07, 6.45) is -4.37. The molecule has 20 heavy (non-hydrogen) atoms. The van der Waals surface area contributed by atoms with Crippen molar-refractivity contribution in [2.24, 2.45) is 0 Å². The van der Waals surface area contributed by atoms with E-state index in [4.69, 9.17) is 11.6 Å². The summed E-state index contributed by atoms with van der Waals surface area (Å²) in [6, 6.07) is 5.17. The van der Waals surface area contributed by atoms with Gasteiger partial charge in [-0.25, -0.2) is 0 Å². The lowest BCUT2D eigenvalue weighted by Gasteiger charge is -2.17. The van der Waals surface area contributed by atoms with Gasteiger partial charge in [-0.3, -0.25) is 0 Å². The third-order valence-electron chi connectivity index (χ3n) is 2.96. The third kappa shape index (κ3) is 3.27. The minimum Gasteiger partial charge on any atom is -0.376 e. The maximum atomic E-state index is 12.7. The van der Waals surface area contributed by atoms with Crippen LogP contribution in [0.2, 0.25) is 5.02 Å². The van der Waals surface area contributed by atoms with Crippen LogP contribution in [0.3, 0.4) is 0 Å². The summed E-state index contributed by atoms with van der Waals surface area (Å²) in [7, 11) is 0. The first-order valence-electron chi connectivity index (χ1n) is 5.96. The van der Waals surface area contributed by atoms with Crippen LogP contribution < -0.4 is 5.32 Å². The molecule has 0 aliphatic carbocycles. The number of hydrogen-bond donors (Lipinski definition) is 1. The summed E-state index contributed by atoms with van der Waals surface area (Å²) in [5.74, 6) is 0. The van der Waals surface area contributed by atoms with E-state index in [1.54, 1.807) is 11.3 Å². The molecular weight excluding hydrogens is 307 g/mol. The van der Waals surface area contributed by atoms with E-state index in [0.717, 1.165) is 22.6 Å². The van der Waals surface area contributed by atoms with Gasteiger partial charge >= 0.3 is 6.18 Å². The maximum Gasteiger partial charge on any atom is 0.416 e. The third-order valence-corrected chi connectivity index (χ3v) is 4.49. The molecule has 0 saturated heterocycles. The molecular formula is C14H13ClF3NS. The molecule has 2 rings (SSSR count). The molecule has 1 heterocycles. The van der Waals surface area contributed by atoms with E-state index in [1.807, 2.05) is 25.3 Å². The van der Waals surface area contributed by atoms with Gasteiger partial charge in [-0.2, -0.15) is 13.2 Å². The molecule has 0 spiro atoms. The van der Waals surface area contributed by atoms with Crippen molar-refractivity contribution in [3.8, 4) is 0 Å². The zero-order valence-electron chi connectivity index (χ0n) is 10.9. The Labute approximate surface area is 124 Å². The zero-order chi connectivity index (χ0) is 14.9. The predicted molar refractivity (Wildman–Crippen MR) is 77.5 cm³/mol. The van der Waals surface area contributed by atoms with Gasteiger partial charge in [0, 0.05) is 4.88 Å². The average Bonchev–Trinajstić information content (AvgIpc) is 2.77. The summed E-state index contributed by atoms with van der Waals surface area (Å²) >= 11 is 7.53. The van der Waals surface area contributed by atoms with E-state index < -0.39 is 11.7 Å². The molecule has 0 aliphatic heterocycles. The number of halogens is 4. The standard InChI is InChI=1S/C14H13ClF3NS/c1-8-5-6-20-13(8)9(2)19-12-7-10(14(16,17)18)3-4-11(12)15/h3-7,9,19H,1-2H3. The van der Waals surface area contributed by atoms with Gasteiger partial charge in [0.15, 0.2) is 0 Å². The first-order valence-corrected chi connectivity index (χ1v) is 7.22. The highest BCUT2D eigenvalue weighted by Gasteiger charge is 2.31. The van der Waals surface area contributed by atoms with Gasteiger partial charge in [0.25, 0.3) is 0 Å². The van der Waals surface area contributed by atoms with Gasteiger partial charge < -0.3 is 5.32 Å².